The summed E-state index contributed by atoms with van der Waals surface area (Å²) in [7, 11) is 1.92. The molecule has 2 aromatic heterocycles. The molecule has 2 rings (SSSR count). The zero-order valence-electron chi connectivity index (χ0n) is 13.3. The molecule has 22 heavy (non-hydrogen) atoms. The van der Waals surface area contributed by atoms with E-state index in [0.29, 0.717) is 13.1 Å². The first-order valence-electron chi connectivity index (χ1n) is 7.46. The van der Waals surface area contributed by atoms with Gasteiger partial charge in [-0.1, -0.05) is 13.0 Å². The van der Waals surface area contributed by atoms with Gasteiger partial charge in [-0.15, -0.1) is 0 Å². The molecule has 1 amide bonds. The molecule has 0 radical (unpaired) electrons. The van der Waals surface area contributed by atoms with Crippen LogP contribution in [0.2, 0.25) is 0 Å². The van der Waals surface area contributed by atoms with Crippen LogP contribution in [-0.2, 0) is 11.3 Å². The molecule has 6 heteroatoms. The Morgan fingerprint density at radius 3 is 2.86 bits per heavy atom. The number of carbonyl (C=O) groups excluding carboxylic acids is 1. The van der Waals surface area contributed by atoms with E-state index in [1.165, 1.54) is 0 Å². The van der Waals surface area contributed by atoms with Crippen molar-refractivity contribution in [3.8, 4) is 0 Å². The lowest BCUT2D eigenvalue weighted by Gasteiger charge is -2.19. The maximum atomic E-state index is 12.2. The van der Waals surface area contributed by atoms with Crippen LogP contribution in [0, 0.1) is 6.92 Å². The number of nitrogens with one attached hydrogen (secondary N) is 2. The molecule has 2 N–H and O–H groups in total. The normalized spacial score (nSPS) is 12.4. The summed E-state index contributed by atoms with van der Waals surface area (Å²) in [5, 5.41) is 3.02. The lowest BCUT2D eigenvalue weighted by Crippen LogP contribution is -2.37. The van der Waals surface area contributed by atoms with Crippen molar-refractivity contribution in [1.29, 1.82) is 0 Å². The van der Waals surface area contributed by atoms with Gasteiger partial charge in [0.25, 0.3) is 0 Å². The number of aromatic nitrogens is 3. The van der Waals surface area contributed by atoms with Gasteiger partial charge in [-0.3, -0.25) is 14.7 Å². The number of likely N-dealkylation sites (N-methyl/N-ethyl adjacent to an activating group) is 1. The number of nitrogens with zero attached hydrogens (tertiary/aromatic N) is 3. The third kappa shape index (κ3) is 4.66. The first-order chi connectivity index (χ1) is 10.6. The van der Waals surface area contributed by atoms with Crippen molar-refractivity contribution < 1.29 is 4.79 Å². The van der Waals surface area contributed by atoms with Crippen LogP contribution in [0.25, 0.3) is 0 Å². The summed E-state index contributed by atoms with van der Waals surface area (Å²) in [6.45, 7) is 5.01. The molecular weight excluding hydrogens is 278 g/mol. The monoisotopic (exact) mass is 301 g/mol. The largest absolute Gasteiger partial charge is 0.345 e. The Kier molecular flexibility index (Phi) is 5.66. The summed E-state index contributed by atoms with van der Waals surface area (Å²) in [5.41, 5.74) is 2.09. The van der Waals surface area contributed by atoms with Gasteiger partial charge in [0, 0.05) is 30.8 Å². The molecule has 0 saturated carbocycles. The Balaban J connectivity index is 1.86. The minimum atomic E-state index is -0.0759. The molecule has 0 bridgehead atoms. The third-order valence-corrected chi connectivity index (χ3v) is 3.38. The number of rotatable bonds is 7. The lowest BCUT2D eigenvalue weighted by molar-refractivity contribution is -0.122. The van der Waals surface area contributed by atoms with E-state index in [1.807, 2.05) is 44.1 Å². The van der Waals surface area contributed by atoms with Crippen molar-refractivity contribution in [2.75, 3.05) is 13.6 Å². The molecule has 6 nitrogen and oxygen atoms in total. The van der Waals surface area contributed by atoms with Crippen LogP contribution in [0.1, 0.15) is 36.5 Å². The number of aromatic amines is 1. The zero-order valence-corrected chi connectivity index (χ0v) is 13.3. The van der Waals surface area contributed by atoms with E-state index in [1.54, 1.807) is 12.4 Å². The predicted molar refractivity (Wildman–Crippen MR) is 85.1 cm³/mol. The maximum Gasteiger partial charge on any atom is 0.234 e. The van der Waals surface area contributed by atoms with E-state index in [4.69, 9.17) is 0 Å². The summed E-state index contributed by atoms with van der Waals surface area (Å²) in [5.74, 6) is 0.801. The topological polar surface area (TPSA) is 73.9 Å². The van der Waals surface area contributed by atoms with Crippen molar-refractivity contribution >= 4 is 5.91 Å². The molecule has 1 atom stereocenters. The minimum Gasteiger partial charge on any atom is -0.345 e. The summed E-state index contributed by atoms with van der Waals surface area (Å²) in [6.07, 6.45) is 6.13. The lowest BCUT2D eigenvalue weighted by atomic mass is 10.2. The Labute approximate surface area is 131 Å². The Morgan fingerprint density at radius 2 is 2.27 bits per heavy atom. The average molecular weight is 301 g/mol. The van der Waals surface area contributed by atoms with E-state index in [0.717, 1.165) is 23.5 Å². The average Bonchev–Trinajstić information content (AvgIpc) is 2.92. The molecule has 1 unspecified atom stereocenters. The highest BCUT2D eigenvalue weighted by molar-refractivity contribution is 5.78. The number of aryl methyl sites for hydroxylation is 1. The van der Waals surface area contributed by atoms with Crippen LogP contribution in [0.3, 0.4) is 0 Å². The first-order valence-corrected chi connectivity index (χ1v) is 7.46. The number of amides is 1. The van der Waals surface area contributed by atoms with Gasteiger partial charge < -0.3 is 10.3 Å². The number of H-pyrrole nitrogens is 1. The number of hydrogen-bond acceptors (Lipinski definition) is 4. The molecule has 2 aromatic rings. The van der Waals surface area contributed by atoms with Gasteiger partial charge >= 0.3 is 0 Å². The molecule has 0 aliphatic heterocycles. The van der Waals surface area contributed by atoms with Gasteiger partial charge in [-0.25, -0.2) is 4.98 Å². The Hall–Kier alpha value is -2.21. The minimum absolute atomic E-state index is 0.00714. The van der Waals surface area contributed by atoms with Gasteiger partial charge in [-0.05, 0) is 32.0 Å². The fraction of sp³-hybridized carbons (Fsp3) is 0.438. The second kappa shape index (κ2) is 7.70. The van der Waals surface area contributed by atoms with E-state index in [-0.39, 0.29) is 11.9 Å². The zero-order chi connectivity index (χ0) is 15.9. The van der Waals surface area contributed by atoms with Gasteiger partial charge in [0.05, 0.1) is 12.6 Å². The van der Waals surface area contributed by atoms with Gasteiger partial charge in [-0.2, -0.15) is 0 Å². The molecule has 0 spiro atoms. The van der Waals surface area contributed by atoms with E-state index in [2.05, 4.69) is 20.3 Å². The molecule has 0 aliphatic rings. The van der Waals surface area contributed by atoms with Crippen molar-refractivity contribution in [2.24, 2.45) is 0 Å². The smallest absolute Gasteiger partial charge is 0.234 e. The van der Waals surface area contributed by atoms with E-state index in [9.17, 15) is 4.79 Å². The van der Waals surface area contributed by atoms with Gasteiger partial charge in [0.15, 0.2) is 0 Å². The Bertz CT molecular complexity index is 596. The van der Waals surface area contributed by atoms with Crippen LogP contribution in [0.15, 0.2) is 30.7 Å². The predicted octanol–water partition coefficient (Wildman–Crippen LogP) is 1.81. The van der Waals surface area contributed by atoms with Crippen molar-refractivity contribution in [3.63, 3.8) is 0 Å². The van der Waals surface area contributed by atoms with Crippen LogP contribution >= 0.6 is 0 Å². The number of imidazole rings is 1. The van der Waals surface area contributed by atoms with Crippen molar-refractivity contribution in [2.45, 2.75) is 32.9 Å². The van der Waals surface area contributed by atoms with Crippen molar-refractivity contribution in [1.82, 2.24) is 25.2 Å². The number of hydrogen-bond donors (Lipinski definition) is 2. The Morgan fingerprint density at radius 1 is 1.45 bits per heavy atom. The van der Waals surface area contributed by atoms with E-state index >= 15 is 0 Å². The highest BCUT2D eigenvalue weighted by atomic mass is 16.2. The van der Waals surface area contributed by atoms with Gasteiger partial charge in [0.1, 0.15) is 5.82 Å². The quantitative estimate of drug-likeness (QED) is 0.818. The van der Waals surface area contributed by atoms with Crippen LogP contribution in [-0.4, -0.2) is 39.4 Å². The van der Waals surface area contributed by atoms with Crippen LogP contribution in [0.5, 0.6) is 0 Å². The molecule has 0 saturated heterocycles. The summed E-state index contributed by atoms with van der Waals surface area (Å²) in [4.78, 5) is 25.7. The summed E-state index contributed by atoms with van der Waals surface area (Å²) >= 11 is 0. The molecule has 2 heterocycles. The standard InChI is InChI=1S/C16H23N5O/c1-4-14(16-18-8-12(2)19-16)20-15(22)11-21(3)10-13-6-5-7-17-9-13/h5-9,14H,4,10-11H2,1-3H3,(H,18,19)(H,20,22). The molecular formula is C16H23N5O. The van der Waals surface area contributed by atoms with Crippen LogP contribution in [0.4, 0.5) is 0 Å². The maximum absolute atomic E-state index is 12.2. The molecule has 0 aliphatic carbocycles. The summed E-state index contributed by atoms with van der Waals surface area (Å²) < 4.78 is 0. The third-order valence-electron chi connectivity index (χ3n) is 3.38. The van der Waals surface area contributed by atoms with Crippen LogP contribution < -0.4 is 5.32 Å². The SMILES string of the molecule is CCC(NC(=O)CN(C)Cc1cccnc1)c1ncc(C)[nH]1. The number of pyridine rings is 1. The molecule has 118 valence electrons. The molecule has 0 fully saturated rings. The van der Waals surface area contributed by atoms with Crippen molar-refractivity contribution in [3.05, 3.63) is 47.8 Å². The highest BCUT2D eigenvalue weighted by Crippen LogP contribution is 2.12. The second-order valence-electron chi connectivity index (χ2n) is 5.51. The highest BCUT2D eigenvalue weighted by Gasteiger charge is 2.16. The molecule has 0 aromatic carbocycles. The second-order valence-corrected chi connectivity index (χ2v) is 5.51. The number of carbonyl (C=O) groups is 1. The van der Waals surface area contributed by atoms with E-state index < -0.39 is 0 Å². The first kappa shape index (κ1) is 16.2. The summed E-state index contributed by atoms with van der Waals surface area (Å²) in [6, 6.07) is 3.82. The van der Waals surface area contributed by atoms with Gasteiger partial charge in [0.2, 0.25) is 5.91 Å². The fourth-order valence-corrected chi connectivity index (χ4v) is 2.32. The fourth-order valence-electron chi connectivity index (χ4n) is 2.32.